The lowest BCUT2D eigenvalue weighted by atomic mass is 9.93. The number of hydrogen-bond acceptors (Lipinski definition) is 6. The van der Waals surface area contributed by atoms with Crippen LogP contribution in [0.25, 0.3) is 11.1 Å². The van der Waals surface area contributed by atoms with Crippen molar-refractivity contribution in [1.82, 2.24) is 20.0 Å². The highest BCUT2D eigenvalue weighted by molar-refractivity contribution is 5.74. The highest BCUT2D eigenvalue weighted by Crippen LogP contribution is 2.29. The molecule has 0 spiro atoms. The zero-order chi connectivity index (χ0) is 15.0. The third kappa shape index (κ3) is 2.43. The van der Waals surface area contributed by atoms with Gasteiger partial charge >= 0.3 is 0 Å². The van der Waals surface area contributed by atoms with Crippen LogP contribution in [0.3, 0.4) is 0 Å². The molecule has 1 unspecified atom stereocenters. The van der Waals surface area contributed by atoms with Crippen LogP contribution in [-0.4, -0.2) is 43.8 Å². The Balaban J connectivity index is 1.57. The molecule has 7 heteroatoms. The predicted molar refractivity (Wildman–Crippen MR) is 80.4 cm³/mol. The number of oxazole rings is 1. The smallest absolute Gasteiger partial charge is 0.298 e. The van der Waals surface area contributed by atoms with E-state index in [0.717, 1.165) is 30.5 Å². The number of fused-ring (bicyclic) bond motifs is 1. The number of piperidine rings is 1. The number of anilines is 1. The summed E-state index contributed by atoms with van der Waals surface area (Å²) < 4.78 is 7.47. The summed E-state index contributed by atoms with van der Waals surface area (Å²) in [6, 6.07) is 8.25. The molecular formula is C15H17N5O2. The molecule has 3 heterocycles. The van der Waals surface area contributed by atoms with Crippen LogP contribution >= 0.6 is 0 Å². The minimum Gasteiger partial charge on any atom is -0.423 e. The lowest BCUT2D eigenvalue weighted by Gasteiger charge is -2.38. The Bertz CT molecular complexity index is 736. The summed E-state index contributed by atoms with van der Waals surface area (Å²) in [5.41, 5.74) is 0.748. The first kappa shape index (κ1) is 13.3. The van der Waals surface area contributed by atoms with Crippen LogP contribution in [0, 0.1) is 0 Å². The standard InChI is InChI=1S/C15H17N5O2/c21-15(11-20-9-7-16-18-20)6-3-8-19(10-15)14-17-12-4-1-2-5-13(12)22-14/h1-2,4-5,7,9,21H,3,6,8,10-11H2. The van der Waals surface area contributed by atoms with Crippen LogP contribution in [0.2, 0.25) is 0 Å². The van der Waals surface area contributed by atoms with Crippen LogP contribution in [0.4, 0.5) is 6.01 Å². The highest BCUT2D eigenvalue weighted by atomic mass is 16.4. The van der Waals surface area contributed by atoms with Gasteiger partial charge in [-0.15, -0.1) is 5.10 Å². The van der Waals surface area contributed by atoms with Crippen molar-refractivity contribution in [2.75, 3.05) is 18.0 Å². The van der Waals surface area contributed by atoms with Crippen LogP contribution in [0.1, 0.15) is 12.8 Å². The van der Waals surface area contributed by atoms with Crippen molar-refractivity contribution in [1.29, 1.82) is 0 Å². The van der Waals surface area contributed by atoms with Gasteiger partial charge in [0.25, 0.3) is 6.01 Å². The molecular weight excluding hydrogens is 282 g/mol. The van der Waals surface area contributed by atoms with Crippen LogP contribution in [0.5, 0.6) is 0 Å². The minimum atomic E-state index is -0.855. The number of aliphatic hydroxyl groups is 1. The van der Waals surface area contributed by atoms with E-state index in [1.54, 1.807) is 17.1 Å². The minimum absolute atomic E-state index is 0.420. The summed E-state index contributed by atoms with van der Waals surface area (Å²) >= 11 is 0. The van der Waals surface area contributed by atoms with Gasteiger partial charge in [-0.25, -0.2) is 4.68 Å². The zero-order valence-electron chi connectivity index (χ0n) is 12.1. The quantitative estimate of drug-likeness (QED) is 0.788. The maximum Gasteiger partial charge on any atom is 0.298 e. The molecule has 7 nitrogen and oxygen atoms in total. The maximum atomic E-state index is 10.8. The third-order valence-electron chi connectivity index (χ3n) is 4.04. The van der Waals surface area contributed by atoms with Gasteiger partial charge in [0.1, 0.15) is 11.1 Å². The SMILES string of the molecule is OC1(Cn2ccnn2)CCCN(c2nc3ccccc3o2)C1. The Hall–Kier alpha value is -2.41. The van der Waals surface area contributed by atoms with E-state index in [4.69, 9.17) is 4.42 Å². The molecule has 1 aromatic carbocycles. The van der Waals surface area contributed by atoms with Gasteiger partial charge in [0.15, 0.2) is 5.58 Å². The summed E-state index contributed by atoms with van der Waals surface area (Å²) in [6.45, 7) is 1.72. The molecule has 22 heavy (non-hydrogen) atoms. The molecule has 1 N–H and O–H groups in total. The second kappa shape index (κ2) is 5.10. The second-order valence-corrected chi connectivity index (χ2v) is 5.81. The molecule has 0 amide bonds. The average molecular weight is 299 g/mol. The fraction of sp³-hybridized carbons (Fsp3) is 0.400. The Morgan fingerprint density at radius 2 is 2.23 bits per heavy atom. The van der Waals surface area contributed by atoms with Crippen molar-refractivity contribution in [3.63, 3.8) is 0 Å². The molecule has 4 rings (SSSR count). The number of nitrogens with zero attached hydrogens (tertiary/aromatic N) is 5. The van der Waals surface area contributed by atoms with Crippen molar-refractivity contribution in [2.24, 2.45) is 0 Å². The van der Waals surface area contributed by atoms with Crippen LogP contribution in [-0.2, 0) is 6.54 Å². The molecule has 1 atom stereocenters. The van der Waals surface area contributed by atoms with E-state index in [0.29, 0.717) is 19.1 Å². The van der Waals surface area contributed by atoms with Crippen molar-refractivity contribution in [2.45, 2.75) is 25.0 Å². The monoisotopic (exact) mass is 299 g/mol. The molecule has 1 aliphatic heterocycles. The largest absolute Gasteiger partial charge is 0.423 e. The molecule has 2 aromatic heterocycles. The number of aromatic nitrogens is 4. The topological polar surface area (TPSA) is 80.2 Å². The molecule has 0 bridgehead atoms. The van der Waals surface area contributed by atoms with Crippen LogP contribution < -0.4 is 4.90 Å². The van der Waals surface area contributed by atoms with E-state index < -0.39 is 5.60 Å². The molecule has 0 aliphatic carbocycles. The molecule has 114 valence electrons. The Morgan fingerprint density at radius 3 is 3.05 bits per heavy atom. The summed E-state index contributed by atoms with van der Waals surface area (Å²) in [5, 5.41) is 18.6. The average Bonchev–Trinajstić information content (AvgIpc) is 3.15. The van der Waals surface area contributed by atoms with E-state index in [1.807, 2.05) is 29.2 Å². The van der Waals surface area contributed by atoms with E-state index in [1.165, 1.54) is 0 Å². The number of rotatable bonds is 3. The number of β-amino-alcohol motifs (C(OH)–C–C–N with tert-alkyl or cyclic N) is 1. The Kier molecular flexibility index (Phi) is 3.07. The Morgan fingerprint density at radius 1 is 1.32 bits per heavy atom. The van der Waals surface area contributed by atoms with Gasteiger partial charge < -0.3 is 14.4 Å². The van der Waals surface area contributed by atoms with E-state index >= 15 is 0 Å². The van der Waals surface area contributed by atoms with Crippen molar-refractivity contribution >= 4 is 17.1 Å². The fourth-order valence-electron chi connectivity index (χ4n) is 3.02. The number of benzene rings is 1. The first-order valence-electron chi connectivity index (χ1n) is 7.39. The van der Waals surface area contributed by atoms with Gasteiger partial charge in [-0.2, -0.15) is 4.98 Å². The first-order valence-corrected chi connectivity index (χ1v) is 7.39. The molecule has 1 aliphatic rings. The lowest BCUT2D eigenvalue weighted by molar-refractivity contribution is 0.00494. The fourth-order valence-corrected chi connectivity index (χ4v) is 3.02. The predicted octanol–water partition coefficient (Wildman–Crippen LogP) is 1.45. The molecule has 3 aromatic rings. The van der Waals surface area contributed by atoms with Gasteiger partial charge in [0, 0.05) is 12.7 Å². The van der Waals surface area contributed by atoms with Gasteiger partial charge in [-0.05, 0) is 25.0 Å². The molecule has 1 saturated heterocycles. The van der Waals surface area contributed by atoms with Gasteiger partial charge in [0.05, 0.1) is 19.3 Å². The van der Waals surface area contributed by atoms with Gasteiger partial charge in [0.2, 0.25) is 0 Å². The number of para-hydroxylation sites is 2. The molecule has 0 radical (unpaired) electrons. The first-order chi connectivity index (χ1) is 10.7. The molecule has 0 saturated carbocycles. The summed E-state index contributed by atoms with van der Waals surface area (Å²) in [5.74, 6) is 0. The normalized spacial score (nSPS) is 22.3. The number of hydrogen-bond donors (Lipinski definition) is 1. The van der Waals surface area contributed by atoms with Crippen LogP contribution in [0.15, 0.2) is 41.1 Å². The van der Waals surface area contributed by atoms with Crippen molar-refractivity contribution in [3.05, 3.63) is 36.7 Å². The second-order valence-electron chi connectivity index (χ2n) is 5.81. The van der Waals surface area contributed by atoms with E-state index in [2.05, 4.69) is 15.3 Å². The van der Waals surface area contributed by atoms with Gasteiger partial charge in [-0.3, -0.25) is 0 Å². The highest BCUT2D eigenvalue weighted by Gasteiger charge is 2.35. The van der Waals surface area contributed by atoms with Gasteiger partial charge in [-0.1, -0.05) is 17.3 Å². The third-order valence-corrected chi connectivity index (χ3v) is 4.04. The summed E-state index contributed by atoms with van der Waals surface area (Å²) in [4.78, 5) is 6.51. The van der Waals surface area contributed by atoms with Crippen molar-refractivity contribution in [3.8, 4) is 0 Å². The maximum absolute atomic E-state index is 10.8. The van der Waals surface area contributed by atoms with E-state index in [-0.39, 0.29) is 0 Å². The van der Waals surface area contributed by atoms with E-state index in [9.17, 15) is 5.11 Å². The summed E-state index contributed by atoms with van der Waals surface area (Å²) in [6.07, 6.45) is 4.98. The van der Waals surface area contributed by atoms with Crippen molar-refractivity contribution < 1.29 is 9.52 Å². The lowest BCUT2D eigenvalue weighted by Crippen LogP contribution is -2.50. The summed E-state index contributed by atoms with van der Waals surface area (Å²) in [7, 11) is 0. The zero-order valence-corrected chi connectivity index (χ0v) is 12.1. The Labute approximate surface area is 127 Å². The molecule has 1 fully saturated rings.